The second-order valence-electron chi connectivity index (χ2n) is 6.61. The van der Waals surface area contributed by atoms with E-state index in [1.165, 1.54) is 0 Å². The number of hydrogen-bond acceptors (Lipinski definition) is 6. The number of quaternary nitrogens is 1. The van der Waals surface area contributed by atoms with Gasteiger partial charge in [0.05, 0.1) is 48.2 Å². The smallest absolute Gasteiger partial charge is 0.161 e. The molecule has 0 heterocycles. The van der Waals surface area contributed by atoms with E-state index in [-0.39, 0.29) is 6.61 Å². The Labute approximate surface area is 172 Å². The van der Waals surface area contributed by atoms with Crippen molar-refractivity contribution in [3.8, 4) is 23.0 Å². The fourth-order valence-corrected chi connectivity index (χ4v) is 2.97. The number of ether oxygens (including phenoxy) is 5. The van der Waals surface area contributed by atoms with Gasteiger partial charge in [0.1, 0.15) is 12.6 Å². The van der Waals surface area contributed by atoms with Gasteiger partial charge in [-0.05, 0) is 35.4 Å². The number of hydrogen-bond donors (Lipinski definition) is 2. The third-order valence-electron chi connectivity index (χ3n) is 4.55. The van der Waals surface area contributed by atoms with Gasteiger partial charge >= 0.3 is 0 Å². The fraction of sp³-hybridized carbons (Fsp3) is 0.455. The molecule has 0 radical (unpaired) electrons. The molecule has 2 rings (SSSR count). The highest BCUT2D eigenvalue weighted by Gasteiger charge is 2.09. The van der Waals surface area contributed by atoms with E-state index in [9.17, 15) is 5.11 Å². The summed E-state index contributed by atoms with van der Waals surface area (Å²) in [5.41, 5.74) is 2.13. The number of rotatable bonds is 13. The zero-order chi connectivity index (χ0) is 21.1. The number of methoxy groups -OCH3 is 4. The third-order valence-corrected chi connectivity index (χ3v) is 4.55. The maximum atomic E-state index is 10.1. The standard InChI is InChI=1S/C22H31NO6/c1-25-19-7-5-16(11-21(19)27-3)9-10-23-13-18(24)15-29-14-17-6-8-20(26-2)22(12-17)28-4/h5-8,11-12,18,23-24H,9-10,13-15H2,1-4H3/p+1/t18-/m1/s1. The molecule has 0 spiro atoms. The lowest BCUT2D eigenvalue weighted by atomic mass is 10.1. The van der Waals surface area contributed by atoms with Crippen LogP contribution in [0.1, 0.15) is 11.1 Å². The molecule has 0 saturated heterocycles. The summed E-state index contributed by atoms with van der Waals surface area (Å²) in [6.07, 6.45) is 0.347. The first kappa shape index (κ1) is 22.8. The van der Waals surface area contributed by atoms with Gasteiger partial charge in [0.15, 0.2) is 23.0 Å². The van der Waals surface area contributed by atoms with E-state index in [0.29, 0.717) is 24.7 Å². The van der Waals surface area contributed by atoms with Crippen molar-refractivity contribution in [1.82, 2.24) is 0 Å². The quantitative estimate of drug-likeness (QED) is 0.490. The molecule has 0 aliphatic heterocycles. The van der Waals surface area contributed by atoms with Gasteiger partial charge in [-0.1, -0.05) is 12.1 Å². The van der Waals surface area contributed by atoms with Crippen LogP contribution in [0.4, 0.5) is 0 Å². The van der Waals surface area contributed by atoms with Gasteiger partial charge in [0.25, 0.3) is 0 Å². The van der Waals surface area contributed by atoms with Gasteiger partial charge in [-0.15, -0.1) is 0 Å². The zero-order valence-electron chi connectivity index (χ0n) is 17.6. The molecule has 1 atom stereocenters. The molecule has 7 heteroatoms. The van der Waals surface area contributed by atoms with Crippen molar-refractivity contribution in [1.29, 1.82) is 0 Å². The molecule has 0 aromatic heterocycles. The molecule has 7 nitrogen and oxygen atoms in total. The van der Waals surface area contributed by atoms with Gasteiger partial charge in [-0.25, -0.2) is 0 Å². The second-order valence-corrected chi connectivity index (χ2v) is 6.61. The Morgan fingerprint density at radius 2 is 1.34 bits per heavy atom. The molecule has 29 heavy (non-hydrogen) atoms. The Morgan fingerprint density at radius 3 is 1.93 bits per heavy atom. The molecule has 2 aromatic carbocycles. The van der Waals surface area contributed by atoms with Crippen LogP contribution in [0.2, 0.25) is 0 Å². The summed E-state index contributed by atoms with van der Waals surface area (Å²) >= 11 is 0. The van der Waals surface area contributed by atoms with Crippen molar-refractivity contribution < 1.29 is 34.1 Å². The molecule has 160 valence electrons. The molecule has 0 amide bonds. The lowest BCUT2D eigenvalue weighted by Gasteiger charge is -2.12. The molecule has 0 unspecified atom stereocenters. The van der Waals surface area contributed by atoms with Crippen LogP contribution < -0.4 is 24.3 Å². The van der Waals surface area contributed by atoms with Crippen LogP contribution in [0.5, 0.6) is 23.0 Å². The summed E-state index contributed by atoms with van der Waals surface area (Å²) in [6.45, 7) is 2.13. The van der Waals surface area contributed by atoms with Crippen molar-refractivity contribution in [3.63, 3.8) is 0 Å². The minimum absolute atomic E-state index is 0.279. The van der Waals surface area contributed by atoms with Crippen LogP contribution in [0.15, 0.2) is 36.4 Å². The SMILES string of the molecule is COc1ccc(CC[NH2+]C[C@@H](O)COCc2ccc(OC)c(OC)c2)cc1OC. The molecule has 0 aliphatic rings. The van der Waals surface area contributed by atoms with E-state index >= 15 is 0 Å². The summed E-state index contributed by atoms with van der Waals surface area (Å²) in [7, 11) is 6.46. The van der Waals surface area contributed by atoms with E-state index < -0.39 is 6.10 Å². The molecule has 0 saturated carbocycles. The summed E-state index contributed by atoms with van der Waals surface area (Å²) in [6, 6.07) is 11.6. The topological polar surface area (TPSA) is 83.0 Å². The minimum Gasteiger partial charge on any atom is -0.493 e. The number of aliphatic hydroxyl groups is 1. The van der Waals surface area contributed by atoms with Crippen LogP contribution in [0.25, 0.3) is 0 Å². The predicted molar refractivity (Wildman–Crippen MR) is 110 cm³/mol. The molecular formula is C22H32NO6+. The van der Waals surface area contributed by atoms with Crippen LogP contribution in [0, 0.1) is 0 Å². The average Bonchev–Trinajstić information content (AvgIpc) is 2.76. The maximum Gasteiger partial charge on any atom is 0.161 e. The summed E-state index contributed by atoms with van der Waals surface area (Å²) in [5, 5.41) is 12.2. The van der Waals surface area contributed by atoms with Crippen LogP contribution in [-0.2, 0) is 17.8 Å². The van der Waals surface area contributed by atoms with Gasteiger partial charge in [0.2, 0.25) is 0 Å². The number of benzene rings is 2. The maximum absolute atomic E-state index is 10.1. The summed E-state index contributed by atoms with van der Waals surface area (Å²) in [5.74, 6) is 2.80. The van der Waals surface area contributed by atoms with Crippen molar-refractivity contribution >= 4 is 0 Å². The Kier molecular flexibility index (Phi) is 9.56. The zero-order valence-corrected chi connectivity index (χ0v) is 17.6. The average molecular weight is 406 g/mol. The normalized spacial score (nSPS) is 11.8. The number of aliphatic hydroxyl groups excluding tert-OH is 1. The first-order valence-corrected chi connectivity index (χ1v) is 9.60. The highest BCUT2D eigenvalue weighted by Crippen LogP contribution is 2.28. The predicted octanol–water partition coefficient (Wildman–Crippen LogP) is 1.40. The van der Waals surface area contributed by atoms with Gasteiger partial charge in [-0.3, -0.25) is 0 Å². The van der Waals surface area contributed by atoms with E-state index in [4.69, 9.17) is 23.7 Å². The van der Waals surface area contributed by atoms with Crippen LogP contribution >= 0.6 is 0 Å². The van der Waals surface area contributed by atoms with Crippen molar-refractivity contribution in [2.45, 2.75) is 19.1 Å². The van der Waals surface area contributed by atoms with Gasteiger partial charge < -0.3 is 34.1 Å². The second kappa shape index (κ2) is 12.2. The van der Waals surface area contributed by atoms with Crippen molar-refractivity contribution in [3.05, 3.63) is 47.5 Å². The highest BCUT2D eigenvalue weighted by atomic mass is 16.5. The Bertz CT molecular complexity index is 752. The van der Waals surface area contributed by atoms with Crippen molar-refractivity contribution in [2.75, 3.05) is 48.1 Å². The molecule has 0 bridgehead atoms. The highest BCUT2D eigenvalue weighted by molar-refractivity contribution is 5.43. The molecule has 2 aromatic rings. The first-order chi connectivity index (χ1) is 14.1. The molecule has 0 fully saturated rings. The van der Waals surface area contributed by atoms with Crippen LogP contribution in [0.3, 0.4) is 0 Å². The van der Waals surface area contributed by atoms with Crippen molar-refractivity contribution in [2.24, 2.45) is 0 Å². The number of nitrogens with two attached hydrogens (primary N) is 1. The van der Waals surface area contributed by atoms with Crippen LogP contribution in [-0.4, -0.2) is 59.3 Å². The van der Waals surface area contributed by atoms with Gasteiger partial charge in [0, 0.05) is 6.42 Å². The summed E-state index contributed by atoms with van der Waals surface area (Å²) in [4.78, 5) is 0. The largest absolute Gasteiger partial charge is 0.493 e. The van der Waals surface area contributed by atoms with E-state index in [1.54, 1.807) is 28.4 Å². The van der Waals surface area contributed by atoms with E-state index in [1.807, 2.05) is 36.4 Å². The first-order valence-electron chi connectivity index (χ1n) is 9.60. The molecule has 3 N–H and O–H groups in total. The third kappa shape index (κ3) is 7.12. The fourth-order valence-electron chi connectivity index (χ4n) is 2.97. The van der Waals surface area contributed by atoms with Gasteiger partial charge in [-0.2, -0.15) is 0 Å². The Balaban J connectivity index is 1.67. The lowest BCUT2D eigenvalue weighted by molar-refractivity contribution is -0.660. The van der Waals surface area contributed by atoms with E-state index in [2.05, 4.69) is 5.32 Å². The Morgan fingerprint density at radius 1 is 0.793 bits per heavy atom. The molecule has 0 aliphatic carbocycles. The molecular weight excluding hydrogens is 374 g/mol. The van der Waals surface area contributed by atoms with E-state index in [0.717, 1.165) is 35.6 Å². The minimum atomic E-state index is -0.527. The summed E-state index contributed by atoms with van der Waals surface area (Å²) < 4.78 is 26.7. The lowest BCUT2D eigenvalue weighted by Crippen LogP contribution is -2.87. The monoisotopic (exact) mass is 406 g/mol. The Hall–Kier alpha value is -2.48.